The minimum atomic E-state index is 0.109. The topological polar surface area (TPSA) is 41.1 Å². The van der Waals surface area contributed by atoms with Gasteiger partial charge in [0.15, 0.2) is 0 Å². The molecule has 1 aliphatic rings. The fourth-order valence-electron chi connectivity index (χ4n) is 3.13. The third kappa shape index (κ3) is 4.20. The maximum Gasteiger partial charge on any atom is 0.224 e. The highest BCUT2D eigenvalue weighted by Crippen LogP contribution is 2.19. The first-order chi connectivity index (χ1) is 11.2. The van der Waals surface area contributed by atoms with Crippen molar-refractivity contribution in [1.82, 2.24) is 10.6 Å². The van der Waals surface area contributed by atoms with E-state index in [-0.39, 0.29) is 11.9 Å². The highest BCUT2D eigenvalue weighted by Gasteiger charge is 2.22. The van der Waals surface area contributed by atoms with E-state index < -0.39 is 0 Å². The summed E-state index contributed by atoms with van der Waals surface area (Å²) < 4.78 is 0. The van der Waals surface area contributed by atoms with Crippen LogP contribution in [0.1, 0.15) is 25.3 Å². The molecule has 23 heavy (non-hydrogen) atoms. The van der Waals surface area contributed by atoms with Crippen molar-refractivity contribution in [3.05, 3.63) is 60.2 Å². The standard InChI is InChI=1S/C20H24N2O/c1-15-19(8-5-13-21-15)22-20(23)14-16-9-11-18(12-10-16)17-6-3-2-4-7-17/h2-4,6-7,9-12,15,19,21H,5,8,13-14H2,1H3,(H,22,23). The number of benzene rings is 2. The molecule has 3 heteroatoms. The van der Waals surface area contributed by atoms with Crippen LogP contribution in [0.3, 0.4) is 0 Å². The summed E-state index contributed by atoms with van der Waals surface area (Å²) in [5.41, 5.74) is 3.43. The van der Waals surface area contributed by atoms with E-state index in [0.29, 0.717) is 12.5 Å². The lowest BCUT2D eigenvalue weighted by molar-refractivity contribution is -0.121. The van der Waals surface area contributed by atoms with Crippen molar-refractivity contribution >= 4 is 5.91 Å². The Balaban J connectivity index is 1.58. The van der Waals surface area contributed by atoms with Gasteiger partial charge in [0.1, 0.15) is 0 Å². The number of amides is 1. The van der Waals surface area contributed by atoms with Gasteiger partial charge in [-0.15, -0.1) is 0 Å². The fraction of sp³-hybridized carbons (Fsp3) is 0.350. The van der Waals surface area contributed by atoms with Gasteiger partial charge in [-0.3, -0.25) is 4.79 Å². The Morgan fingerprint density at radius 1 is 1.09 bits per heavy atom. The van der Waals surface area contributed by atoms with Crippen LogP contribution in [0.5, 0.6) is 0 Å². The van der Waals surface area contributed by atoms with Gasteiger partial charge in [0.25, 0.3) is 0 Å². The van der Waals surface area contributed by atoms with Gasteiger partial charge in [0.05, 0.1) is 6.42 Å². The molecule has 2 atom stereocenters. The molecule has 2 unspecified atom stereocenters. The average Bonchev–Trinajstić information content (AvgIpc) is 2.58. The maximum absolute atomic E-state index is 12.2. The van der Waals surface area contributed by atoms with E-state index >= 15 is 0 Å². The third-order valence-corrected chi connectivity index (χ3v) is 4.53. The molecular weight excluding hydrogens is 284 g/mol. The molecule has 2 aromatic rings. The van der Waals surface area contributed by atoms with E-state index in [1.807, 2.05) is 30.3 Å². The maximum atomic E-state index is 12.2. The molecule has 120 valence electrons. The molecule has 0 saturated carbocycles. The number of carbonyl (C=O) groups is 1. The molecule has 1 aliphatic heterocycles. The summed E-state index contributed by atoms with van der Waals surface area (Å²) in [6, 6.07) is 19.2. The van der Waals surface area contributed by atoms with Crippen LogP contribution < -0.4 is 10.6 Å². The molecule has 0 spiro atoms. The molecule has 0 radical (unpaired) electrons. The van der Waals surface area contributed by atoms with E-state index in [1.165, 1.54) is 11.1 Å². The zero-order chi connectivity index (χ0) is 16.1. The van der Waals surface area contributed by atoms with E-state index in [2.05, 4.69) is 41.8 Å². The Hall–Kier alpha value is -2.13. The number of piperidine rings is 1. The van der Waals surface area contributed by atoms with E-state index in [4.69, 9.17) is 0 Å². The summed E-state index contributed by atoms with van der Waals surface area (Å²) in [7, 11) is 0. The molecule has 3 rings (SSSR count). The minimum Gasteiger partial charge on any atom is -0.352 e. The molecule has 2 N–H and O–H groups in total. The van der Waals surface area contributed by atoms with Crippen molar-refractivity contribution in [2.75, 3.05) is 6.54 Å². The molecule has 1 saturated heterocycles. The van der Waals surface area contributed by atoms with Gasteiger partial charge in [-0.2, -0.15) is 0 Å². The summed E-state index contributed by atoms with van der Waals surface area (Å²) in [4.78, 5) is 12.2. The van der Waals surface area contributed by atoms with Crippen molar-refractivity contribution in [3.63, 3.8) is 0 Å². The van der Waals surface area contributed by atoms with E-state index in [1.54, 1.807) is 0 Å². The lowest BCUT2D eigenvalue weighted by Gasteiger charge is -2.30. The van der Waals surface area contributed by atoms with Gasteiger partial charge in [-0.1, -0.05) is 54.6 Å². The summed E-state index contributed by atoms with van der Waals surface area (Å²) in [5, 5.41) is 6.57. The van der Waals surface area contributed by atoms with Crippen LogP contribution in [0, 0.1) is 0 Å². The van der Waals surface area contributed by atoms with Crippen LogP contribution in [0.2, 0.25) is 0 Å². The van der Waals surface area contributed by atoms with Gasteiger partial charge in [0.2, 0.25) is 5.91 Å². The molecule has 2 aromatic carbocycles. The number of hydrogen-bond donors (Lipinski definition) is 2. The Labute approximate surface area is 138 Å². The Morgan fingerprint density at radius 2 is 1.78 bits per heavy atom. The zero-order valence-electron chi connectivity index (χ0n) is 13.6. The molecule has 0 aliphatic carbocycles. The van der Waals surface area contributed by atoms with Crippen LogP contribution in [-0.4, -0.2) is 24.5 Å². The Bertz CT molecular complexity index is 636. The number of rotatable bonds is 4. The lowest BCUT2D eigenvalue weighted by Crippen LogP contribution is -2.52. The average molecular weight is 308 g/mol. The monoisotopic (exact) mass is 308 g/mol. The van der Waals surface area contributed by atoms with E-state index in [9.17, 15) is 4.79 Å². The number of nitrogens with one attached hydrogen (secondary N) is 2. The van der Waals surface area contributed by atoms with Crippen LogP contribution in [0.25, 0.3) is 11.1 Å². The Morgan fingerprint density at radius 3 is 2.48 bits per heavy atom. The molecule has 0 bridgehead atoms. The highest BCUT2D eigenvalue weighted by atomic mass is 16.1. The second kappa shape index (κ2) is 7.42. The zero-order valence-corrected chi connectivity index (χ0v) is 13.6. The molecule has 3 nitrogen and oxygen atoms in total. The smallest absolute Gasteiger partial charge is 0.224 e. The van der Waals surface area contributed by atoms with Crippen molar-refractivity contribution < 1.29 is 4.79 Å². The third-order valence-electron chi connectivity index (χ3n) is 4.53. The van der Waals surface area contributed by atoms with Crippen LogP contribution in [0.15, 0.2) is 54.6 Å². The summed E-state index contributed by atoms with van der Waals surface area (Å²) >= 11 is 0. The van der Waals surface area contributed by atoms with E-state index in [0.717, 1.165) is 24.9 Å². The molecule has 0 aromatic heterocycles. The van der Waals surface area contributed by atoms with Crippen LogP contribution in [-0.2, 0) is 11.2 Å². The van der Waals surface area contributed by atoms with Gasteiger partial charge < -0.3 is 10.6 Å². The first kappa shape index (κ1) is 15.8. The second-order valence-corrected chi connectivity index (χ2v) is 6.30. The lowest BCUT2D eigenvalue weighted by atomic mass is 9.99. The SMILES string of the molecule is CC1NCCCC1NC(=O)Cc1ccc(-c2ccccc2)cc1. The first-order valence-electron chi connectivity index (χ1n) is 8.39. The predicted octanol–water partition coefficient (Wildman–Crippen LogP) is 3.15. The summed E-state index contributed by atoms with van der Waals surface area (Å²) in [6.45, 7) is 3.19. The van der Waals surface area contributed by atoms with Crippen LogP contribution in [0.4, 0.5) is 0 Å². The molecule has 1 fully saturated rings. The minimum absolute atomic E-state index is 0.109. The largest absolute Gasteiger partial charge is 0.352 e. The summed E-state index contributed by atoms with van der Waals surface area (Å²) in [5.74, 6) is 0.109. The van der Waals surface area contributed by atoms with Crippen molar-refractivity contribution in [2.45, 2.75) is 38.3 Å². The normalized spacial score (nSPS) is 20.9. The quantitative estimate of drug-likeness (QED) is 0.911. The Kier molecular flexibility index (Phi) is 5.09. The van der Waals surface area contributed by atoms with Crippen molar-refractivity contribution in [3.8, 4) is 11.1 Å². The van der Waals surface area contributed by atoms with Crippen LogP contribution >= 0.6 is 0 Å². The fourth-order valence-corrected chi connectivity index (χ4v) is 3.13. The van der Waals surface area contributed by atoms with Gasteiger partial charge in [-0.25, -0.2) is 0 Å². The van der Waals surface area contributed by atoms with Gasteiger partial charge >= 0.3 is 0 Å². The highest BCUT2D eigenvalue weighted by molar-refractivity contribution is 5.79. The van der Waals surface area contributed by atoms with Gasteiger partial charge in [-0.05, 0) is 43.0 Å². The summed E-state index contributed by atoms with van der Waals surface area (Å²) in [6.07, 6.45) is 2.63. The number of hydrogen-bond acceptors (Lipinski definition) is 2. The molecule has 1 heterocycles. The number of carbonyl (C=O) groups excluding carboxylic acids is 1. The molecule has 1 amide bonds. The van der Waals surface area contributed by atoms with Crippen molar-refractivity contribution in [2.24, 2.45) is 0 Å². The second-order valence-electron chi connectivity index (χ2n) is 6.30. The van der Waals surface area contributed by atoms with Gasteiger partial charge in [0, 0.05) is 12.1 Å². The molecular formula is C20H24N2O. The first-order valence-corrected chi connectivity index (χ1v) is 8.39. The predicted molar refractivity (Wildman–Crippen MR) is 94.2 cm³/mol. The van der Waals surface area contributed by atoms with Crippen molar-refractivity contribution in [1.29, 1.82) is 0 Å².